The molecule has 1 heterocycles. The van der Waals surface area contributed by atoms with Gasteiger partial charge in [-0.15, -0.1) is 0 Å². The second kappa shape index (κ2) is 10.8. The van der Waals surface area contributed by atoms with Crippen molar-refractivity contribution in [2.24, 2.45) is 0 Å². The van der Waals surface area contributed by atoms with Crippen LogP contribution in [-0.4, -0.2) is 42.4 Å². The third-order valence-corrected chi connectivity index (χ3v) is 5.04. The first-order valence-corrected chi connectivity index (χ1v) is 10.5. The zero-order valence-corrected chi connectivity index (χ0v) is 17.6. The highest BCUT2D eigenvalue weighted by atomic mass is 16.5. The van der Waals surface area contributed by atoms with Crippen molar-refractivity contribution in [2.75, 3.05) is 31.6 Å². The number of anilines is 1. The first-order chi connectivity index (χ1) is 14.5. The Morgan fingerprint density at radius 3 is 2.83 bits per heavy atom. The van der Waals surface area contributed by atoms with Gasteiger partial charge in [0.15, 0.2) is 0 Å². The van der Waals surface area contributed by atoms with Crippen LogP contribution in [0.2, 0.25) is 0 Å². The molecule has 0 atom stereocenters. The van der Waals surface area contributed by atoms with Gasteiger partial charge in [-0.2, -0.15) is 5.10 Å². The Morgan fingerprint density at radius 1 is 1.23 bits per heavy atom. The summed E-state index contributed by atoms with van der Waals surface area (Å²) in [6.07, 6.45) is 4.03. The van der Waals surface area contributed by atoms with Crippen LogP contribution >= 0.6 is 0 Å². The minimum atomic E-state index is -0.0986. The molecule has 3 N–H and O–H groups in total. The summed E-state index contributed by atoms with van der Waals surface area (Å²) in [5.41, 5.74) is 5.26. The molecule has 0 saturated carbocycles. The van der Waals surface area contributed by atoms with E-state index in [1.165, 1.54) is 0 Å². The molecule has 7 heteroatoms. The number of carbonyl (C=O) groups is 1. The standard InChI is InChI=1S/C23H30N4O3/c1-16(2)15-24-11-13-30-12-10-21(28)25-18-7-5-6-17(14-18)22-19-8-3-4-9-20(19)23(29)27-26-22/h5-7,14,24H,1,3-4,8-13,15H2,2H3,(H,25,28)(H,27,29). The van der Waals surface area contributed by atoms with Crippen molar-refractivity contribution < 1.29 is 9.53 Å². The first kappa shape index (κ1) is 21.9. The molecule has 2 aromatic rings. The van der Waals surface area contributed by atoms with Crippen molar-refractivity contribution in [1.82, 2.24) is 15.5 Å². The van der Waals surface area contributed by atoms with E-state index in [2.05, 4.69) is 27.4 Å². The number of nitrogens with zero attached hydrogens (tertiary/aromatic N) is 1. The fourth-order valence-corrected chi connectivity index (χ4v) is 3.58. The molecule has 0 fully saturated rings. The molecular formula is C23H30N4O3. The number of hydrogen-bond acceptors (Lipinski definition) is 5. The number of benzene rings is 1. The van der Waals surface area contributed by atoms with Crippen molar-refractivity contribution in [3.05, 3.63) is 57.9 Å². The van der Waals surface area contributed by atoms with Crippen LogP contribution in [0.3, 0.4) is 0 Å². The summed E-state index contributed by atoms with van der Waals surface area (Å²) in [6, 6.07) is 7.58. The number of hydrogen-bond donors (Lipinski definition) is 3. The minimum absolute atomic E-state index is 0.0901. The number of nitrogens with one attached hydrogen (secondary N) is 3. The van der Waals surface area contributed by atoms with Crippen molar-refractivity contribution in [3.8, 4) is 11.3 Å². The molecule has 7 nitrogen and oxygen atoms in total. The number of rotatable bonds is 10. The maximum absolute atomic E-state index is 12.2. The lowest BCUT2D eigenvalue weighted by atomic mass is 9.90. The molecule has 160 valence electrons. The smallest absolute Gasteiger partial charge is 0.267 e. The molecule has 0 radical (unpaired) electrons. The highest BCUT2D eigenvalue weighted by molar-refractivity contribution is 5.91. The Hall–Kier alpha value is -2.77. The third kappa shape index (κ3) is 6.11. The highest BCUT2D eigenvalue weighted by Crippen LogP contribution is 2.29. The number of aromatic amines is 1. The van der Waals surface area contributed by atoms with Crippen molar-refractivity contribution in [3.63, 3.8) is 0 Å². The van der Waals surface area contributed by atoms with Crippen LogP contribution < -0.4 is 16.2 Å². The van der Waals surface area contributed by atoms with Gasteiger partial charge in [0.05, 0.1) is 25.3 Å². The minimum Gasteiger partial charge on any atom is -0.380 e. The van der Waals surface area contributed by atoms with Crippen molar-refractivity contribution in [1.29, 1.82) is 0 Å². The third-order valence-electron chi connectivity index (χ3n) is 5.04. The Morgan fingerprint density at radius 2 is 2.03 bits per heavy atom. The Labute approximate surface area is 176 Å². The first-order valence-electron chi connectivity index (χ1n) is 10.5. The SMILES string of the molecule is C=C(C)CNCCOCCC(=O)Nc1cccc(-c2n[nH]c(=O)c3c2CCCC3)c1. The highest BCUT2D eigenvalue weighted by Gasteiger charge is 2.19. The predicted octanol–water partition coefficient (Wildman–Crippen LogP) is 2.83. The fraction of sp³-hybridized carbons (Fsp3) is 0.435. The van der Waals surface area contributed by atoms with E-state index in [0.29, 0.717) is 18.9 Å². The summed E-state index contributed by atoms with van der Waals surface area (Å²) in [5, 5.41) is 13.0. The largest absolute Gasteiger partial charge is 0.380 e. The Balaban J connectivity index is 1.54. The van der Waals surface area contributed by atoms with Gasteiger partial charge in [0, 0.05) is 29.9 Å². The number of ether oxygens (including phenoxy) is 1. The lowest BCUT2D eigenvalue weighted by Crippen LogP contribution is -2.22. The summed E-state index contributed by atoms with van der Waals surface area (Å²) in [7, 11) is 0. The normalized spacial score (nSPS) is 13.0. The van der Waals surface area contributed by atoms with E-state index < -0.39 is 0 Å². The van der Waals surface area contributed by atoms with E-state index in [1.807, 2.05) is 31.2 Å². The molecule has 1 aliphatic rings. The lowest BCUT2D eigenvalue weighted by Gasteiger charge is -2.17. The molecule has 30 heavy (non-hydrogen) atoms. The van der Waals surface area contributed by atoms with Gasteiger partial charge in [-0.1, -0.05) is 24.3 Å². The molecule has 0 unspecified atom stereocenters. The van der Waals surface area contributed by atoms with E-state index in [4.69, 9.17) is 4.74 Å². The number of amides is 1. The number of aromatic nitrogens is 2. The van der Waals surface area contributed by atoms with Crippen molar-refractivity contribution in [2.45, 2.75) is 39.0 Å². The van der Waals surface area contributed by atoms with Crippen LogP contribution in [0.25, 0.3) is 11.3 Å². The maximum Gasteiger partial charge on any atom is 0.267 e. The van der Waals surface area contributed by atoms with Gasteiger partial charge in [-0.3, -0.25) is 9.59 Å². The zero-order valence-electron chi connectivity index (χ0n) is 17.6. The van der Waals surface area contributed by atoms with Crippen LogP contribution in [0.15, 0.2) is 41.2 Å². The molecule has 1 amide bonds. The average molecular weight is 411 g/mol. The lowest BCUT2D eigenvalue weighted by molar-refractivity contribution is -0.117. The average Bonchev–Trinajstić information content (AvgIpc) is 2.73. The molecule has 1 aromatic carbocycles. The molecule has 3 rings (SSSR count). The molecular weight excluding hydrogens is 380 g/mol. The Kier molecular flexibility index (Phi) is 7.93. The summed E-state index contributed by atoms with van der Waals surface area (Å²) in [5.74, 6) is -0.0986. The van der Waals surface area contributed by atoms with E-state index in [-0.39, 0.29) is 17.9 Å². The van der Waals surface area contributed by atoms with Gasteiger partial charge in [0.1, 0.15) is 0 Å². The number of H-pyrrole nitrogens is 1. The monoisotopic (exact) mass is 410 g/mol. The molecule has 0 bridgehead atoms. The zero-order chi connectivity index (χ0) is 21.3. The van der Waals surface area contributed by atoms with Gasteiger partial charge in [0.2, 0.25) is 5.91 Å². The topological polar surface area (TPSA) is 96.1 Å². The van der Waals surface area contributed by atoms with Gasteiger partial charge < -0.3 is 15.4 Å². The van der Waals surface area contributed by atoms with E-state index in [1.54, 1.807) is 0 Å². The second-order valence-corrected chi connectivity index (χ2v) is 7.69. The molecule has 0 aliphatic heterocycles. The molecule has 0 spiro atoms. The van der Waals surface area contributed by atoms with Gasteiger partial charge in [-0.25, -0.2) is 5.10 Å². The van der Waals surface area contributed by atoms with E-state index >= 15 is 0 Å². The number of carbonyl (C=O) groups excluding carboxylic acids is 1. The summed E-state index contributed by atoms with van der Waals surface area (Å²) < 4.78 is 5.49. The molecule has 0 saturated heterocycles. The van der Waals surface area contributed by atoms with Crippen LogP contribution in [0.1, 0.15) is 37.3 Å². The summed E-state index contributed by atoms with van der Waals surface area (Å²) >= 11 is 0. The van der Waals surface area contributed by atoms with Crippen LogP contribution in [-0.2, 0) is 22.4 Å². The fourth-order valence-electron chi connectivity index (χ4n) is 3.58. The molecule has 1 aliphatic carbocycles. The second-order valence-electron chi connectivity index (χ2n) is 7.69. The maximum atomic E-state index is 12.2. The molecule has 1 aromatic heterocycles. The number of fused-ring (bicyclic) bond motifs is 1. The van der Waals surface area contributed by atoms with Crippen LogP contribution in [0.4, 0.5) is 5.69 Å². The van der Waals surface area contributed by atoms with Crippen LogP contribution in [0, 0.1) is 0 Å². The van der Waals surface area contributed by atoms with Crippen molar-refractivity contribution >= 4 is 11.6 Å². The predicted molar refractivity (Wildman–Crippen MR) is 119 cm³/mol. The summed E-state index contributed by atoms with van der Waals surface area (Å²) in [4.78, 5) is 24.3. The quantitative estimate of drug-likeness (QED) is 0.413. The summed E-state index contributed by atoms with van der Waals surface area (Å²) in [6.45, 7) is 8.22. The van der Waals surface area contributed by atoms with Gasteiger partial charge in [0.25, 0.3) is 5.56 Å². The van der Waals surface area contributed by atoms with E-state index in [9.17, 15) is 9.59 Å². The van der Waals surface area contributed by atoms with E-state index in [0.717, 1.165) is 66.7 Å². The van der Waals surface area contributed by atoms with Crippen LogP contribution in [0.5, 0.6) is 0 Å². The van der Waals surface area contributed by atoms with Gasteiger partial charge >= 0.3 is 0 Å². The van der Waals surface area contributed by atoms with Gasteiger partial charge in [-0.05, 0) is 50.3 Å². The Bertz CT molecular complexity index is 952.